The van der Waals surface area contributed by atoms with Gasteiger partial charge in [-0.3, -0.25) is 4.79 Å². The van der Waals surface area contributed by atoms with Crippen molar-refractivity contribution in [3.8, 4) is 0 Å². The summed E-state index contributed by atoms with van der Waals surface area (Å²) < 4.78 is 42.6. The molecule has 0 aliphatic heterocycles. The summed E-state index contributed by atoms with van der Waals surface area (Å²) in [6.07, 6.45) is -3.93. The molecule has 2 heterocycles. The Morgan fingerprint density at radius 2 is 2.00 bits per heavy atom. The summed E-state index contributed by atoms with van der Waals surface area (Å²) in [5.74, 6) is -1.91. The van der Waals surface area contributed by atoms with Crippen molar-refractivity contribution in [2.24, 2.45) is 0 Å². The summed E-state index contributed by atoms with van der Waals surface area (Å²) in [7, 11) is 0. The topological polar surface area (TPSA) is 81.2 Å². The summed E-state index contributed by atoms with van der Waals surface area (Å²) in [5, 5.41) is 1.80. The molecule has 10 heteroatoms. The van der Waals surface area contributed by atoms with Gasteiger partial charge in [0.2, 0.25) is 0 Å². The predicted molar refractivity (Wildman–Crippen MR) is 82.0 cm³/mol. The van der Waals surface area contributed by atoms with Gasteiger partial charge in [0.15, 0.2) is 11.9 Å². The summed E-state index contributed by atoms with van der Waals surface area (Å²) >= 11 is 5.69. The molecule has 0 bridgehead atoms. The zero-order valence-corrected chi connectivity index (χ0v) is 13.4. The summed E-state index contributed by atoms with van der Waals surface area (Å²) in [4.78, 5) is 31.0. The van der Waals surface area contributed by atoms with Gasteiger partial charge in [0.05, 0.1) is 10.6 Å². The maximum Gasteiger partial charge on any atom is 0.417 e. The highest BCUT2D eigenvalue weighted by Crippen LogP contribution is 2.32. The van der Waals surface area contributed by atoms with Crippen LogP contribution in [0.15, 0.2) is 36.7 Å². The number of halogens is 4. The molecule has 0 aromatic carbocycles. The monoisotopic (exact) mass is 373 g/mol. The summed E-state index contributed by atoms with van der Waals surface area (Å²) in [6.45, 7) is 1.29. The van der Waals surface area contributed by atoms with Crippen LogP contribution in [0.5, 0.6) is 0 Å². The first-order valence-corrected chi connectivity index (χ1v) is 7.22. The molecule has 132 valence electrons. The second-order valence-electron chi connectivity index (χ2n) is 4.80. The number of esters is 1. The Morgan fingerprint density at radius 1 is 1.28 bits per heavy atom. The van der Waals surface area contributed by atoms with Crippen LogP contribution in [-0.4, -0.2) is 27.9 Å². The highest BCUT2D eigenvalue weighted by atomic mass is 35.5. The Bertz CT molecular complexity index is 785. The molecule has 2 aromatic rings. The number of anilines is 1. The van der Waals surface area contributed by atoms with Crippen molar-refractivity contribution >= 4 is 29.3 Å². The van der Waals surface area contributed by atoms with Crippen molar-refractivity contribution in [3.05, 3.63) is 52.9 Å². The van der Waals surface area contributed by atoms with Crippen molar-refractivity contribution in [1.82, 2.24) is 9.97 Å². The molecule has 0 aliphatic rings. The molecular weight excluding hydrogens is 363 g/mol. The van der Waals surface area contributed by atoms with E-state index in [1.807, 2.05) is 0 Å². The fraction of sp³-hybridized carbons (Fsp3) is 0.200. The fourth-order valence-corrected chi connectivity index (χ4v) is 1.87. The average Bonchev–Trinajstić information content (AvgIpc) is 2.56. The Kier molecular flexibility index (Phi) is 5.58. The molecule has 0 spiro atoms. The molecule has 1 N–H and O–H groups in total. The third-order valence-electron chi connectivity index (χ3n) is 2.94. The molecule has 1 atom stereocenters. The van der Waals surface area contributed by atoms with Crippen molar-refractivity contribution in [2.45, 2.75) is 19.2 Å². The lowest BCUT2D eigenvalue weighted by atomic mass is 10.2. The molecule has 2 rings (SSSR count). The zero-order chi connectivity index (χ0) is 18.6. The van der Waals surface area contributed by atoms with E-state index in [-0.39, 0.29) is 11.5 Å². The van der Waals surface area contributed by atoms with E-state index in [0.717, 1.165) is 0 Å². The Balaban J connectivity index is 2.03. The van der Waals surface area contributed by atoms with Crippen molar-refractivity contribution in [2.75, 3.05) is 5.32 Å². The van der Waals surface area contributed by atoms with Crippen molar-refractivity contribution in [1.29, 1.82) is 0 Å². The lowest BCUT2D eigenvalue weighted by Crippen LogP contribution is -2.30. The van der Waals surface area contributed by atoms with Crippen LogP contribution in [-0.2, 0) is 15.7 Å². The summed E-state index contributed by atoms with van der Waals surface area (Å²) in [6, 6.07) is 5.21. The van der Waals surface area contributed by atoms with Gasteiger partial charge in [-0.15, -0.1) is 0 Å². The van der Waals surface area contributed by atoms with E-state index in [4.69, 9.17) is 16.3 Å². The lowest BCUT2D eigenvalue weighted by molar-refractivity contribution is -0.137. The highest BCUT2D eigenvalue weighted by molar-refractivity contribution is 6.33. The number of amides is 1. The van der Waals surface area contributed by atoms with Crippen LogP contribution in [0.2, 0.25) is 5.02 Å². The van der Waals surface area contributed by atoms with Gasteiger partial charge in [-0.25, -0.2) is 14.8 Å². The first-order chi connectivity index (χ1) is 11.7. The van der Waals surface area contributed by atoms with Crippen LogP contribution in [0.1, 0.15) is 23.0 Å². The minimum atomic E-state index is -4.61. The van der Waals surface area contributed by atoms with Crippen LogP contribution < -0.4 is 5.32 Å². The molecule has 1 amide bonds. The van der Waals surface area contributed by atoms with Crippen LogP contribution in [0.25, 0.3) is 0 Å². The third-order valence-corrected chi connectivity index (χ3v) is 3.23. The lowest BCUT2D eigenvalue weighted by Gasteiger charge is -2.14. The molecule has 0 saturated heterocycles. The quantitative estimate of drug-likeness (QED) is 0.831. The van der Waals surface area contributed by atoms with E-state index in [9.17, 15) is 22.8 Å². The highest BCUT2D eigenvalue weighted by Gasteiger charge is 2.32. The van der Waals surface area contributed by atoms with E-state index in [2.05, 4.69) is 15.3 Å². The van der Waals surface area contributed by atoms with Crippen molar-refractivity contribution in [3.63, 3.8) is 0 Å². The summed E-state index contributed by atoms with van der Waals surface area (Å²) in [5.41, 5.74) is -1.04. The van der Waals surface area contributed by atoms with Gasteiger partial charge in [0, 0.05) is 12.4 Å². The molecule has 0 fully saturated rings. The van der Waals surface area contributed by atoms with E-state index in [1.54, 1.807) is 12.1 Å². The Morgan fingerprint density at radius 3 is 2.56 bits per heavy atom. The van der Waals surface area contributed by atoms with Crippen molar-refractivity contribution < 1.29 is 27.5 Å². The van der Waals surface area contributed by atoms with E-state index in [0.29, 0.717) is 12.3 Å². The van der Waals surface area contributed by atoms with Gasteiger partial charge in [0.1, 0.15) is 5.69 Å². The smallest absolute Gasteiger partial charge is 0.417 e. The molecule has 0 radical (unpaired) electrons. The fourth-order valence-electron chi connectivity index (χ4n) is 1.66. The number of nitrogens with one attached hydrogen (secondary N) is 1. The minimum Gasteiger partial charge on any atom is -0.448 e. The zero-order valence-electron chi connectivity index (χ0n) is 12.7. The van der Waals surface area contributed by atoms with Gasteiger partial charge in [-0.2, -0.15) is 13.2 Å². The van der Waals surface area contributed by atoms with Crippen LogP contribution in [0.3, 0.4) is 0 Å². The maximum atomic E-state index is 12.5. The predicted octanol–water partition coefficient (Wildman–Crippen LogP) is 3.33. The number of pyridine rings is 2. The second kappa shape index (κ2) is 7.47. The molecule has 6 nitrogen and oxygen atoms in total. The number of rotatable bonds is 4. The number of carbonyl (C=O) groups excluding carboxylic acids is 2. The average molecular weight is 374 g/mol. The molecule has 0 aliphatic carbocycles. The van der Waals surface area contributed by atoms with Gasteiger partial charge in [0.25, 0.3) is 5.91 Å². The minimum absolute atomic E-state index is 0.00726. The van der Waals surface area contributed by atoms with Crippen LogP contribution >= 0.6 is 11.6 Å². The standard InChI is InChI=1S/C15H11ClF3N3O3/c1-8(25-14(24)11-4-2-3-5-20-11)13(23)22-12-10(16)6-9(7-21-12)15(17,18)19/h2-8H,1H3,(H,21,22,23). The number of carbonyl (C=O) groups is 2. The number of hydrogen-bond acceptors (Lipinski definition) is 5. The number of nitrogens with zero attached hydrogens (tertiary/aromatic N) is 2. The number of ether oxygens (including phenoxy) is 1. The largest absolute Gasteiger partial charge is 0.448 e. The van der Waals surface area contributed by atoms with Gasteiger partial charge >= 0.3 is 12.1 Å². The molecule has 2 aromatic heterocycles. The normalized spacial score (nSPS) is 12.4. The molecule has 25 heavy (non-hydrogen) atoms. The van der Waals surface area contributed by atoms with E-state index >= 15 is 0 Å². The molecule has 1 unspecified atom stereocenters. The Hall–Kier alpha value is -2.68. The second-order valence-corrected chi connectivity index (χ2v) is 5.21. The van der Waals surface area contributed by atoms with Gasteiger partial charge in [-0.05, 0) is 25.1 Å². The molecular formula is C15H11ClF3N3O3. The number of alkyl halides is 3. The third kappa shape index (κ3) is 4.90. The first kappa shape index (κ1) is 18.7. The van der Waals surface area contributed by atoms with Gasteiger partial charge in [-0.1, -0.05) is 17.7 Å². The first-order valence-electron chi connectivity index (χ1n) is 6.84. The number of hydrogen-bond donors (Lipinski definition) is 1. The molecule has 0 saturated carbocycles. The Labute approximate surface area is 145 Å². The SMILES string of the molecule is CC(OC(=O)c1ccccn1)C(=O)Nc1ncc(C(F)(F)F)cc1Cl. The van der Waals surface area contributed by atoms with E-state index in [1.165, 1.54) is 19.2 Å². The van der Waals surface area contributed by atoms with E-state index < -0.39 is 34.7 Å². The van der Waals surface area contributed by atoms with Crippen LogP contribution in [0, 0.1) is 0 Å². The maximum absolute atomic E-state index is 12.5. The van der Waals surface area contributed by atoms with Crippen LogP contribution in [0.4, 0.5) is 19.0 Å². The number of aromatic nitrogens is 2. The van der Waals surface area contributed by atoms with Gasteiger partial charge < -0.3 is 10.1 Å².